The molecule has 0 rings (SSSR count). The van der Waals surface area contributed by atoms with E-state index >= 15 is 0 Å². The third kappa shape index (κ3) is 95.7. The lowest BCUT2D eigenvalue weighted by Crippen LogP contribution is -1.85. The van der Waals surface area contributed by atoms with E-state index in [0.29, 0.717) is 0 Å². The number of hydrogen-bond acceptors (Lipinski definition) is 0. The lowest BCUT2D eigenvalue weighted by Gasteiger charge is -2.05. The highest BCUT2D eigenvalue weighted by Gasteiger charge is 2.03. The van der Waals surface area contributed by atoms with Crippen LogP contribution in [0.5, 0.6) is 0 Å². The Kier molecular flexibility index (Phi) is 95.5. The molecule has 0 atom stereocenters. The lowest BCUT2D eigenvalue weighted by atomic mass is 10.0. The van der Waals surface area contributed by atoms with Crippen molar-refractivity contribution in [2.75, 3.05) is 0 Å². The van der Waals surface area contributed by atoms with Crippen molar-refractivity contribution in [1.29, 1.82) is 0 Å². The number of unbranched alkanes of at least 4 members (excludes halogenated alkanes) is 93. The molecule has 0 amide bonds. The summed E-state index contributed by atoms with van der Waals surface area (Å²) in [4.78, 5) is 0. The largest absolute Gasteiger partial charge is 0.103 e. The van der Waals surface area contributed by atoms with Gasteiger partial charge in [-0.05, 0) is 12.8 Å². The van der Waals surface area contributed by atoms with Crippen molar-refractivity contribution in [3.63, 3.8) is 0 Å². The molecule has 0 nitrogen and oxygen atoms in total. The monoisotopic (exact) mass is 1360 g/mol. The molecular formula is C97H194. The van der Waals surface area contributed by atoms with Crippen LogP contribution in [-0.4, -0.2) is 0 Å². The average Bonchev–Trinajstić information content (AvgIpc) is 3.61. The summed E-state index contributed by atoms with van der Waals surface area (Å²) in [7, 11) is 0. The van der Waals surface area contributed by atoms with Gasteiger partial charge in [-0.25, -0.2) is 0 Å². The van der Waals surface area contributed by atoms with Crippen LogP contribution in [0.4, 0.5) is 0 Å². The van der Waals surface area contributed by atoms with Crippen LogP contribution in [0.3, 0.4) is 0 Å². The summed E-state index contributed by atoms with van der Waals surface area (Å²) in [6.07, 6.45) is 142. The molecule has 0 aromatic heterocycles. The smallest absolute Gasteiger partial charge is 0.0353 e. The molecule has 0 saturated heterocycles. The van der Waals surface area contributed by atoms with Crippen molar-refractivity contribution in [1.82, 2.24) is 0 Å². The molecule has 0 fully saturated rings. The van der Waals surface area contributed by atoms with Crippen LogP contribution in [-0.2, 0) is 0 Å². The lowest BCUT2D eigenvalue weighted by molar-refractivity contribution is 0.505. The van der Waals surface area contributed by atoms with Gasteiger partial charge < -0.3 is 0 Å². The summed E-state index contributed by atoms with van der Waals surface area (Å²) < 4.78 is 0. The van der Waals surface area contributed by atoms with Crippen LogP contribution in [0, 0.1) is 0 Å². The maximum Gasteiger partial charge on any atom is -0.0353 e. The van der Waals surface area contributed by atoms with Crippen molar-refractivity contribution in [3.8, 4) is 0 Å². The van der Waals surface area contributed by atoms with E-state index in [1.807, 2.05) is 0 Å². The van der Waals surface area contributed by atoms with Gasteiger partial charge in [0.25, 0.3) is 0 Å². The second-order valence-electron chi connectivity index (χ2n) is 33.6. The fourth-order valence-electron chi connectivity index (χ4n) is 16.4. The van der Waals surface area contributed by atoms with Gasteiger partial charge in [0.15, 0.2) is 0 Å². The number of allylic oxidation sites excluding steroid dienone is 1. The zero-order chi connectivity index (χ0) is 69.2. The molecule has 0 spiro atoms. The van der Waals surface area contributed by atoms with Crippen molar-refractivity contribution in [3.05, 3.63) is 12.7 Å². The predicted molar refractivity (Wildman–Crippen MR) is 450 cm³/mol. The molecule has 0 unspecified atom stereocenters. The summed E-state index contributed by atoms with van der Waals surface area (Å²) in [5, 5.41) is 0. The Labute approximate surface area is 619 Å². The summed E-state index contributed by atoms with van der Waals surface area (Å²) in [5.74, 6) is 0. The van der Waals surface area contributed by atoms with Crippen LogP contribution in [0.2, 0.25) is 0 Å². The fraction of sp³-hybridized carbons (Fsp3) is 0.979. The maximum atomic E-state index is 3.83. The Morgan fingerprint density at radius 1 is 0.103 bits per heavy atom. The van der Waals surface area contributed by atoms with E-state index in [0.717, 1.165) is 0 Å². The zero-order valence-corrected chi connectivity index (χ0v) is 68.8. The highest BCUT2D eigenvalue weighted by molar-refractivity contribution is 4.66. The van der Waals surface area contributed by atoms with Crippen LogP contribution in [0.15, 0.2) is 12.7 Å². The first-order valence-electron chi connectivity index (χ1n) is 48.0. The standard InChI is InChI=1S/C97H194/c1-3-5-7-9-11-13-15-17-19-21-23-25-27-29-31-33-35-37-39-41-43-45-47-49-51-53-55-57-59-61-63-65-67-69-71-73-75-77-79-81-83-85-87-89-91-93-95-97-96-94-92-90-88-86-84-82-80-78-76-74-72-70-68-66-64-62-60-58-56-54-52-50-48-46-44-42-40-38-36-34-32-30-28-26-24-22-20-18-16-14-12-10-8-6-4-2/h3H,1,4-97H2,2H3. The molecule has 0 aromatic carbocycles. The van der Waals surface area contributed by atoms with E-state index in [1.165, 1.54) is 604 Å². The van der Waals surface area contributed by atoms with Crippen LogP contribution in [0.25, 0.3) is 0 Å². The van der Waals surface area contributed by atoms with Gasteiger partial charge in [-0.3, -0.25) is 0 Å². The molecule has 582 valence electrons. The van der Waals surface area contributed by atoms with Crippen molar-refractivity contribution in [2.45, 2.75) is 610 Å². The molecule has 0 aliphatic carbocycles. The Morgan fingerprint density at radius 3 is 0.227 bits per heavy atom. The van der Waals surface area contributed by atoms with Crippen molar-refractivity contribution < 1.29 is 0 Å². The Hall–Kier alpha value is -0.260. The first-order valence-corrected chi connectivity index (χ1v) is 48.0. The molecule has 0 saturated carbocycles. The molecular weight excluding hydrogens is 1170 g/mol. The Balaban J connectivity index is 3.09. The van der Waals surface area contributed by atoms with Gasteiger partial charge in [-0.15, -0.1) is 6.58 Å². The molecule has 0 heteroatoms. The third-order valence-electron chi connectivity index (χ3n) is 23.5. The molecule has 0 radical (unpaired) electrons. The Morgan fingerprint density at radius 2 is 0.165 bits per heavy atom. The first-order chi connectivity index (χ1) is 48.4. The van der Waals surface area contributed by atoms with E-state index in [2.05, 4.69) is 19.6 Å². The molecule has 0 aromatic rings. The number of rotatable bonds is 94. The minimum atomic E-state index is 1.21. The minimum absolute atomic E-state index is 1.21. The fourth-order valence-corrected chi connectivity index (χ4v) is 16.4. The van der Waals surface area contributed by atoms with Crippen molar-refractivity contribution in [2.24, 2.45) is 0 Å². The van der Waals surface area contributed by atoms with Gasteiger partial charge >= 0.3 is 0 Å². The first kappa shape index (κ1) is 96.7. The van der Waals surface area contributed by atoms with Crippen LogP contribution >= 0.6 is 0 Å². The highest BCUT2D eigenvalue weighted by Crippen LogP contribution is 2.23. The third-order valence-corrected chi connectivity index (χ3v) is 23.5. The Bertz CT molecular complexity index is 1280. The van der Waals surface area contributed by atoms with E-state index in [4.69, 9.17) is 0 Å². The number of hydrogen-bond donors (Lipinski definition) is 0. The summed E-state index contributed by atoms with van der Waals surface area (Å²) in [5.41, 5.74) is 0. The van der Waals surface area contributed by atoms with Gasteiger partial charge in [0.1, 0.15) is 0 Å². The van der Waals surface area contributed by atoms with E-state index in [-0.39, 0.29) is 0 Å². The second-order valence-corrected chi connectivity index (χ2v) is 33.6. The molecule has 97 heavy (non-hydrogen) atoms. The molecule has 0 heterocycles. The van der Waals surface area contributed by atoms with Gasteiger partial charge in [0.2, 0.25) is 0 Å². The topological polar surface area (TPSA) is 0 Å². The summed E-state index contributed by atoms with van der Waals surface area (Å²) in [6, 6.07) is 0. The zero-order valence-electron chi connectivity index (χ0n) is 68.8. The molecule has 0 N–H and O–H groups in total. The highest BCUT2D eigenvalue weighted by atomic mass is 14.1. The SMILES string of the molecule is C=CCCCCCCCCCCCCCCCCCCCCCCCCCCCCCCCCCCCCCCCCCCCCCCCCCCCCCCCCCCCCCCCCCCCCCCCCCCCCCCCCCCCCCCCCCCCCCCC. The van der Waals surface area contributed by atoms with Gasteiger partial charge in [0, 0.05) is 0 Å². The van der Waals surface area contributed by atoms with Crippen LogP contribution < -0.4 is 0 Å². The van der Waals surface area contributed by atoms with E-state index in [9.17, 15) is 0 Å². The van der Waals surface area contributed by atoms with Gasteiger partial charge in [-0.1, -0.05) is 604 Å². The molecule has 0 bridgehead atoms. The molecule has 0 aliphatic rings. The maximum absolute atomic E-state index is 3.83. The second kappa shape index (κ2) is 95.7. The molecule has 0 aliphatic heterocycles. The van der Waals surface area contributed by atoms with Crippen LogP contribution in [0.1, 0.15) is 610 Å². The van der Waals surface area contributed by atoms with Gasteiger partial charge in [-0.2, -0.15) is 0 Å². The summed E-state index contributed by atoms with van der Waals surface area (Å²) >= 11 is 0. The summed E-state index contributed by atoms with van der Waals surface area (Å²) in [6.45, 7) is 6.14. The van der Waals surface area contributed by atoms with Gasteiger partial charge in [0.05, 0.1) is 0 Å². The minimum Gasteiger partial charge on any atom is -0.103 e. The normalized spacial score (nSPS) is 11.8. The van der Waals surface area contributed by atoms with E-state index in [1.54, 1.807) is 0 Å². The quantitative estimate of drug-likeness (QED) is 0.0421. The van der Waals surface area contributed by atoms with E-state index < -0.39 is 0 Å². The predicted octanol–water partition coefficient (Wildman–Crippen LogP) is 37.9. The van der Waals surface area contributed by atoms with Crippen molar-refractivity contribution >= 4 is 0 Å². The average molecular weight is 1360 g/mol.